The number of carbonyl (C=O) groups is 1. The lowest BCUT2D eigenvalue weighted by Gasteiger charge is -1.99. The topological polar surface area (TPSA) is 75.3 Å². The van der Waals surface area contributed by atoms with E-state index in [4.69, 9.17) is 5.21 Å². The van der Waals surface area contributed by atoms with Gasteiger partial charge in [-0.1, -0.05) is 0 Å². The Labute approximate surface area is 41.3 Å². The van der Waals surface area contributed by atoms with E-state index in [1.165, 1.54) is 6.92 Å². The molecule has 0 aliphatic carbocycles. The Kier molecular flexibility index (Phi) is 2.32. The molecule has 0 aliphatic rings. The fourth-order valence-corrected chi connectivity index (χ4v) is 0.0636. The van der Waals surface area contributed by atoms with Gasteiger partial charge in [-0.15, -0.1) is 0 Å². The molecular formula is C3H8N2O2. The second kappa shape index (κ2) is 2.54. The number of hydrogen-bond donors (Lipinski definition) is 3. The van der Waals surface area contributed by atoms with E-state index >= 15 is 0 Å². The fourth-order valence-electron chi connectivity index (χ4n) is 0.0636. The van der Waals surface area contributed by atoms with Gasteiger partial charge >= 0.3 is 0 Å². The predicted molar refractivity (Wildman–Crippen MR) is 23.6 cm³/mol. The summed E-state index contributed by atoms with van der Waals surface area (Å²) in [6, 6.07) is -0.653. The van der Waals surface area contributed by atoms with E-state index in [0.717, 1.165) is 0 Å². The first-order valence-electron chi connectivity index (χ1n) is 1.87. The van der Waals surface area contributed by atoms with E-state index in [9.17, 15) is 4.79 Å². The molecule has 7 heavy (non-hydrogen) atoms. The molecular weight excluding hydrogens is 96.0 g/mol. The molecule has 4 heteroatoms. The summed E-state index contributed by atoms with van der Waals surface area (Å²) in [7, 11) is 0. The largest absolute Gasteiger partial charge is 0.368 e. The lowest BCUT2D eigenvalue weighted by molar-refractivity contribution is -0.121. The van der Waals surface area contributed by atoms with Gasteiger partial charge in [0.2, 0.25) is 5.91 Å². The monoisotopic (exact) mass is 104 g/mol. The zero-order valence-corrected chi connectivity index (χ0v) is 4.01. The molecule has 0 saturated carbocycles. The molecule has 0 spiro atoms. The normalized spacial score (nSPS) is 13.4. The smallest absolute Gasteiger partial charge is 0.236 e. The molecule has 0 saturated heterocycles. The van der Waals surface area contributed by atoms with Gasteiger partial charge in [0.25, 0.3) is 0 Å². The van der Waals surface area contributed by atoms with E-state index in [1.807, 2.05) is 0 Å². The lowest BCUT2D eigenvalue weighted by Crippen LogP contribution is -2.36. The molecule has 0 aromatic heterocycles. The maximum absolute atomic E-state index is 9.93. The average molecular weight is 104 g/mol. The molecule has 1 atom stereocenters. The number of hydroxylamine groups is 1. The highest BCUT2D eigenvalue weighted by molar-refractivity contribution is 5.79. The number of nitrogens with one attached hydrogen (secondary N) is 1. The van der Waals surface area contributed by atoms with E-state index in [2.05, 4.69) is 5.73 Å². The van der Waals surface area contributed by atoms with Crippen LogP contribution in [-0.2, 0) is 4.79 Å². The molecule has 0 radical (unpaired) electrons. The Morgan fingerprint density at radius 2 is 2.43 bits per heavy atom. The molecule has 0 unspecified atom stereocenters. The third kappa shape index (κ3) is 2.13. The first-order chi connectivity index (χ1) is 3.18. The Morgan fingerprint density at radius 1 is 2.00 bits per heavy atom. The summed E-state index contributed by atoms with van der Waals surface area (Å²) in [6.07, 6.45) is 0. The summed E-state index contributed by atoms with van der Waals surface area (Å²) in [5, 5.41) is 7.95. The fraction of sp³-hybridized carbons (Fsp3) is 0.667. The van der Waals surface area contributed by atoms with E-state index < -0.39 is 11.9 Å². The second-order valence-electron chi connectivity index (χ2n) is 1.25. The van der Waals surface area contributed by atoms with Gasteiger partial charge in [-0.25, -0.2) is 0 Å². The Bertz CT molecular complexity index is 73.3. The van der Waals surface area contributed by atoms with Crippen LogP contribution in [0.25, 0.3) is 0 Å². The van der Waals surface area contributed by atoms with Gasteiger partial charge in [-0.2, -0.15) is 5.48 Å². The zero-order chi connectivity index (χ0) is 5.86. The van der Waals surface area contributed by atoms with Crippen molar-refractivity contribution in [2.24, 2.45) is 5.73 Å². The van der Waals surface area contributed by atoms with Crippen LogP contribution in [0.15, 0.2) is 0 Å². The van der Waals surface area contributed by atoms with Crippen LogP contribution in [-0.4, -0.2) is 17.2 Å². The first-order valence-corrected chi connectivity index (χ1v) is 1.87. The van der Waals surface area contributed by atoms with Crippen molar-refractivity contribution in [1.29, 1.82) is 0 Å². The molecule has 0 fully saturated rings. The van der Waals surface area contributed by atoms with Crippen LogP contribution in [0.2, 0.25) is 0 Å². The third-order valence-electron chi connectivity index (χ3n) is 0.620. The number of nitrogens with two attached hydrogens (primary N) is 1. The van der Waals surface area contributed by atoms with Crippen LogP contribution in [0, 0.1) is 0 Å². The Hall–Kier alpha value is -0.610. The van der Waals surface area contributed by atoms with Gasteiger partial charge in [-0.05, 0) is 6.92 Å². The maximum atomic E-state index is 9.93. The van der Waals surface area contributed by atoms with Gasteiger partial charge in [0.05, 0.1) is 0 Å². The van der Waals surface area contributed by atoms with Crippen LogP contribution < -0.4 is 11.2 Å². The maximum Gasteiger partial charge on any atom is 0.236 e. The minimum atomic E-state index is -0.653. The predicted octanol–water partition coefficient (Wildman–Crippen LogP) is -1.16. The summed E-state index contributed by atoms with van der Waals surface area (Å²) < 4.78 is 0. The molecule has 0 aromatic carbocycles. The van der Waals surface area contributed by atoms with Gasteiger partial charge < -0.3 is 10.9 Å². The Morgan fingerprint density at radius 3 is 2.43 bits per heavy atom. The average Bonchev–Trinajstić information content (AvgIpc) is 1.65. The number of hydrogen-bond acceptors (Lipinski definition) is 3. The van der Waals surface area contributed by atoms with Crippen LogP contribution >= 0.6 is 0 Å². The van der Waals surface area contributed by atoms with E-state index in [0.29, 0.717) is 0 Å². The summed E-state index contributed by atoms with van der Waals surface area (Å²) in [5.74, 6) is -0.567. The number of primary amides is 1. The SMILES string of the molecule is C[C@H](NO)C(N)=O. The number of amides is 1. The zero-order valence-electron chi connectivity index (χ0n) is 4.01. The highest BCUT2D eigenvalue weighted by atomic mass is 16.5. The van der Waals surface area contributed by atoms with Crippen molar-refractivity contribution in [2.75, 3.05) is 0 Å². The third-order valence-corrected chi connectivity index (χ3v) is 0.620. The molecule has 4 N–H and O–H groups in total. The second-order valence-corrected chi connectivity index (χ2v) is 1.25. The molecule has 4 nitrogen and oxygen atoms in total. The quantitative estimate of drug-likeness (QED) is 0.387. The van der Waals surface area contributed by atoms with Crippen molar-refractivity contribution in [1.82, 2.24) is 5.48 Å². The summed E-state index contributed by atoms with van der Waals surface area (Å²) in [4.78, 5) is 9.93. The number of rotatable bonds is 2. The molecule has 42 valence electrons. The molecule has 0 rings (SSSR count). The molecule has 0 heterocycles. The van der Waals surface area contributed by atoms with Crippen molar-refractivity contribution >= 4 is 5.91 Å². The van der Waals surface area contributed by atoms with E-state index in [1.54, 1.807) is 5.48 Å². The van der Waals surface area contributed by atoms with Crippen LogP contribution in [0.5, 0.6) is 0 Å². The van der Waals surface area contributed by atoms with Gasteiger partial charge in [0.15, 0.2) is 0 Å². The van der Waals surface area contributed by atoms with Crippen molar-refractivity contribution < 1.29 is 10.0 Å². The van der Waals surface area contributed by atoms with Crippen molar-refractivity contribution in [2.45, 2.75) is 13.0 Å². The van der Waals surface area contributed by atoms with Gasteiger partial charge in [-0.3, -0.25) is 4.79 Å². The van der Waals surface area contributed by atoms with Crippen molar-refractivity contribution in [3.05, 3.63) is 0 Å². The highest BCUT2D eigenvalue weighted by Gasteiger charge is 2.02. The van der Waals surface area contributed by atoms with E-state index in [-0.39, 0.29) is 0 Å². The molecule has 0 aromatic rings. The standard InChI is InChI=1S/C3H8N2O2/c1-2(5-7)3(4)6/h2,5,7H,1H3,(H2,4,6)/t2-/m0/s1. The summed E-state index contributed by atoms with van der Waals surface area (Å²) in [6.45, 7) is 1.46. The number of carbonyl (C=O) groups excluding carboxylic acids is 1. The van der Waals surface area contributed by atoms with Gasteiger partial charge in [0.1, 0.15) is 6.04 Å². The van der Waals surface area contributed by atoms with Gasteiger partial charge in [0, 0.05) is 0 Å². The Balaban J connectivity index is 3.34. The van der Waals surface area contributed by atoms with Crippen molar-refractivity contribution in [3.8, 4) is 0 Å². The van der Waals surface area contributed by atoms with Crippen molar-refractivity contribution in [3.63, 3.8) is 0 Å². The van der Waals surface area contributed by atoms with Crippen LogP contribution in [0.4, 0.5) is 0 Å². The summed E-state index contributed by atoms with van der Waals surface area (Å²) >= 11 is 0. The highest BCUT2D eigenvalue weighted by Crippen LogP contribution is 1.71. The first kappa shape index (κ1) is 6.39. The molecule has 1 amide bonds. The minimum Gasteiger partial charge on any atom is -0.368 e. The van der Waals surface area contributed by atoms with Crippen LogP contribution in [0.1, 0.15) is 6.92 Å². The molecule has 0 bridgehead atoms. The minimum absolute atomic E-state index is 0.567. The lowest BCUT2D eigenvalue weighted by atomic mass is 10.4. The van der Waals surface area contributed by atoms with Crippen LogP contribution in [0.3, 0.4) is 0 Å². The summed E-state index contributed by atoms with van der Waals surface area (Å²) in [5.41, 5.74) is 6.37. The molecule has 0 aliphatic heterocycles.